The molecule has 2 amide bonds. The van der Waals surface area contributed by atoms with Gasteiger partial charge in [0.15, 0.2) is 0 Å². The minimum absolute atomic E-state index is 0.134. The van der Waals surface area contributed by atoms with Crippen LogP contribution in [0.5, 0.6) is 0 Å². The molecule has 0 atom stereocenters. The highest BCUT2D eigenvalue weighted by Crippen LogP contribution is 2.27. The number of amides is 2. The van der Waals surface area contributed by atoms with Gasteiger partial charge >= 0.3 is 0 Å². The van der Waals surface area contributed by atoms with Gasteiger partial charge in [0.2, 0.25) is 11.8 Å². The van der Waals surface area contributed by atoms with E-state index >= 15 is 0 Å². The van der Waals surface area contributed by atoms with E-state index in [9.17, 15) is 9.59 Å². The highest BCUT2D eigenvalue weighted by molar-refractivity contribution is 7.09. The molecule has 1 heterocycles. The first kappa shape index (κ1) is 26.1. The summed E-state index contributed by atoms with van der Waals surface area (Å²) in [5.41, 5.74) is 3.38. The van der Waals surface area contributed by atoms with Gasteiger partial charge < -0.3 is 15.1 Å². The molecule has 0 unspecified atom stereocenters. The van der Waals surface area contributed by atoms with Gasteiger partial charge in [0.1, 0.15) is 10.5 Å². The SMILES string of the molecule is CN(C)c1ccc(NC(=O)C(C)(C)N(Cc2nc(-c3ccccc3)cs2)C(=O)Cc2ccccc2)cc1. The third kappa shape index (κ3) is 6.43. The summed E-state index contributed by atoms with van der Waals surface area (Å²) in [6, 6.07) is 27.2. The maximum absolute atomic E-state index is 13.6. The fraction of sp³-hybridized carbons (Fsp3) is 0.233. The normalized spacial score (nSPS) is 11.1. The number of nitrogens with zero attached hydrogens (tertiary/aromatic N) is 3. The minimum Gasteiger partial charge on any atom is -0.378 e. The molecule has 0 spiro atoms. The lowest BCUT2D eigenvalue weighted by molar-refractivity contribution is -0.144. The zero-order chi connectivity index (χ0) is 26.4. The highest BCUT2D eigenvalue weighted by atomic mass is 32.1. The van der Waals surface area contributed by atoms with Crippen LogP contribution < -0.4 is 10.2 Å². The summed E-state index contributed by atoms with van der Waals surface area (Å²) in [5, 5.41) is 5.76. The predicted octanol–water partition coefficient (Wildman–Crippen LogP) is 5.86. The number of anilines is 2. The molecule has 3 aromatic carbocycles. The number of nitrogens with one attached hydrogen (secondary N) is 1. The summed E-state index contributed by atoms with van der Waals surface area (Å²) < 4.78 is 0. The van der Waals surface area contributed by atoms with Gasteiger partial charge in [-0.1, -0.05) is 60.7 Å². The van der Waals surface area contributed by atoms with Crippen molar-refractivity contribution in [1.82, 2.24) is 9.88 Å². The van der Waals surface area contributed by atoms with Gasteiger partial charge in [-0.3, -0.25) is 9.59 Å². The Balaban J connectivity index is 1.58. The van der Waals surface area contributed by atoms with Crippen LogP contribution in [0.3, 0.4) is 0 Å². The van der Waals surface area contributed by atoms with E-state index in [1.54, 1.807) is 18.7 Å². The number of hydrogen-bond donors (Lipinski definition) is 1. The van der Waals surface area contributed by atoms with Crippen molar-refractivity contribution >= 4 is 34.5 Å². The van der Waals surface area contributed by atoms with Crippen molar-refractivity contribution < 1.29 is 9.59 Å². The lowest BCUT2D eigenvalue weighted by Crippen LogP contribution is -2.55. The number of thiazole rings is 1. The predicted molar refractivity (Wildman–Crippen MR) is 152 cm³/mol. The summed E-state index contributed by atoms with van der Waals surface area (Å²) in [5.74, 6) is -0.392. The molecular weight excluding hydrogens is 480 g/mol. The monoisotopic (exact) mass is 512 g/mol. The van der Waals surface area contributed by atoms with Crippen molar-refractivity contribution in [3.8, 4) is 11.3 Å². The molecule has 1 N–H and O–H groups in total. The Morgan fingerprint density at radius 1 is 0.892 bits per heavy atom. The number of carbonyl (C=O) groups excluding carboxylic acids is 2. The minimum atomic E-state index is -1.12. The Bertz CT molecular complexity index is 1330. The zero-order valence-corrected chi connectivity index (χ0v) is 22.5. The van der Waals surface area contributed by atoms with Gasteiger partial charge in [-0.2, -0.15) is 0 Å². The van der Waals surface area contributed by atoms with Crippen molar-refractivity contribution in [2.45, 2.75) is 32.4 Å². The van der Waals surface area contributed by atoms with E-state index in [0.717, 1.165) is 27.5 Å². The maximum atomic E-state index is 13.6. The molecule has 0 radical (unpaired) electrons. The average Bonchev–Trinajstić information content (AvgIpc) is 3.37. The molecule has 0 saturated carbocycles. The molecule has 1 aromatic heterocycles. The largest absolute Gasteiger partial charge is 0.378 e. The first-order valence-electron chi connectivity index (χ1n) is 12.2. The van der Waals surface area contributed by atoms with E-state index in [1.807, 2.05) is 109 Å². The number of benzene rings is 3. The van der Waals surface area contributed by atoms with Crippen molar-refractivity contribution in [1.29, 1.82) is 0 Å². The third-order valence-electron chi connectivity index (χ3n) is 6.29. The van der Waals surface area contributed by atoms with Gasteiger partial charge in [-0.25, -0.2) is 4.98 Å². The molecule has 0 aliphatic carbocycles. The zero-order valence-electron chi connectivity index (χ0n) is 21.6. The maximum Gasteiger partial charge on any atom is 0.249 e. The topological polar surface area (TPSA) is 65.5 Å². The second-order valence-corrected chi connectivity index (χ2v) is 10.5. The summed E-state index contributed by atoms with van der Waals surface area (Å²) in [6.07, 6.45) is 0.200. The summed E-state index contributed by atoms with van der Waals surface area (Å²) >= 11 is 1.49. The van der Waals surface area contributed by atoms with Gasteiger partial charge in [0.05, 0.1) is 18.7 Å². The van der Waals surface area contributed by atoms with Crippen LogP contribution in [0.2, 0.25) is 0 Å². The molecule has 4 aromatic rings. The molecule has 0 bridgehead atoms. The Morgan fingerprint density at radius 3 is 2.14 bits per heavy atom. The van der Waals surface area contributed by atoms with Crippen LogP contribution in [0.1, 0.15) is 24.4 Å². The van der Waals surface area contributed by atoms with Crippen molar-refractivity contribution in [3.05, 3.63) is 101 Å². The van der Waals surface area contributed by atoms with Crippen LogP contribution in [0.4, 0.5) is 11.4 Å². The Kier molecular flexibility index (Phi) is 8.04. The smallest absolute Gasteiger partial charge is 0.249 e. The fourth-order valence-corrected chi connectivity index (χ4v) is 4.76. The van der Waals surface area contributed by atoms with E-state index in [0.29, 0.717) is 5.69 Å². The van der Waals surface area contributed by atoms with Gasteiger partial charge in [0, 0.05) is 36.4 Å². The van der Waals surface area contributed by atoms with Crippen LogP contribution >= 0.6 is 11.3 Å². The van der Waals surface area contributed by atoms with E-state index < -0.39 is 5.54 Å². The van der Waals surface area contributed by atoms with Gasteiger partial charge in [0.25, 0.3) is 0 Å². The summed E-state index contributed by atoms with van der Waals surface area (Å²) in [4.78, 5) is 35.6. The third-order valence-corrected chi connectivity index (χ3v) is 7.12. The Labute approximate surface area is 222 Å². The van der Waals surface area contributed by atoms with E-state index in [1.165, 1.54) is 11.3 Å². The molecule has 0 saturated heterocycles. The molecular formula is C30H32N4O2S. The average molecular weight is 513 g/mol. The molecule has 7 heteroatoms. The van der Waals surface area contributed by atoms with Crippen molar-refractivity contribution in [2.75, 3.05) is 24.3 Å². The molecule has 0 fully saturated rings. The number of hydrogen-bond acceptors (Lipinski definition) is 5. The standard InChI is InChI=1S/C30H32N4O2S/c1-30(2,29(36)31-24-15-17-25(18-16-24)33(3)4)34(28(35)19-22-11-7-5-8-12-22)20-27-32-26(21-37-27)23-13-9-6-10-14-23/h5-18,21H,19-20H2,1-4H3,(H,31,36). The van der Waals surface area contributed by atoms with E-state index in [2.05, 4.69) is 5.32 Å². The lowest BCUT2D eigenvalue weighted by Gasteiger charge is -2.37. The quantitative estimate of drug-likeness (QED) is 0.305. The first-order valence-corrected chi connectivity index (χ1v) is 13.0. The van der Waals surface area contributed by atoms with Crippen LogP contribution in [-0.4, -0.2) is 41.3 Å². The molecule has 37 heavy (non-hydrogen) atoms. The number of aromatic nitrogens is 1. The molecule has 6 nitrogen and oxygen atoms in total. The van der Waals surface area contributed by atoms with Crippen LogP contribution in [0, 0.1) is 0 Å². The number of rotatable bonds is 9. The summed E-state index contributed by atoms with van der Waals surface area (Å²) in [6.45, 7) is 3.80. The summed E-state index contributed by atoms with van der Waals surface area (Å²) in [7, 11) is 3.93. The second kappa shape index (κ2) is 11.4. The first-order chi connectivity index (χ1) is 17.7. The molecule has 0 aliphatic heterocycles. The molecule has 190 valence electrons. The number of carbonyl (C=O) groups is 2. The highest BCUT2D eigenvalue weighted by Gasteiger charge is 2.38. The van der Waals surface area contributed by atoms with Gasteiger partial charge in [-0.15, -0.1) is 11.3 Å². The van der Waals surface area contributed by atoms with E-state index in [-0.39, 0.29) is 24.8 Å². The molecule has 4 rings (SSSR count). The second-order valence-electron chi connectivity index (χ2n) is 9.59. The van der Waals surface area contributed by atoms with Gasteiger partial charge in [-0.05, 0) is 43.7 Å². The molecule has 0 aliphatic rings. The van der Waals surface area contributed by atoms with Crippen molar-refractivity contribution in [2.24, 2.45) is 0 Å². The van der Waals surface area contributed by atoms with E-state index in [4.69, 9.17) is 4.98 Å². The van der Waals surface area contributed by atoms with Crippen molar-refractivity contribution in [3.63, 3.8) is 0 Å². The lowest BCUT2D eigenvalue weighted by atomic mass is 9.99. The Morgan fingerprint density at radius 2 is 1.51 bits per heavy atom. The Hall–Kier alpha value is -3.97. The fourth-order valence-electron chi connectivity index (χ4n) is 3.97. The van der Waals surface area contributed by atoms with Crippen LogP contribution in [-0.2, 0) is 22.6 Å². The van der Waals surface area contributed by atoms with Crippen LogP contribution in [0.15, 0.2) is 90.3 Å². The van der Waals surface area contributed by atoms with Crippen LogP contribution in [0.25, 0.3) is 11.3 Å².